The van der Waals surface area contributed by atoms with E-state index in [1.165, 1.54) is 43.2 Å². The van der Waals surface area contributed by atoms with E-state index >= 15 is 0 Å². The fourth-order valence-electron chi connectivity index (χ4n) is 4.06. The van der Waals surface area contributed by atoms with Crippen LogP contribution in [0, 0.1) is 5.92 Å². The molecule has 0 amide bonds. The second-order valence-electron chi connectivity index (χ2n) is 7.47. The van der Waals surface area contributed by atoms with Gasteiger partial charge in [0.25, 0.3) is 0 Å². The fraction of sp³-hybridized carbons (Fsp3) is 0.435. The van der Waals surface area contributed by atoms with Gasteiger partial charge in [0.2, 0.25) is 0 Å². The molecule has 0 aliphatic heterocycles. The predicted molar refractivity (Wildman–Crippen MR) is 105 cm³/mol. The average molecular weight is 351 g/mol. The van der Waals surface area contributed by atoms with Crippen molar-refractivity contribution in [3.63, 3.8) is 0 Å². The molecular weight excluding hydrogens is 322 g/mol. The Kier molecular flexibility index (Phi) is 6.84. The van der Waals surface area contributed by atoms with E-state index in [9.17, 15) is 9.90 Å². The molecule has 0 bridgehead atoms. The zero-order valence-corrected chi connectivity index (χ0v) is 15.4. The molecule has 3 rings (SSSR count). The number of benzene rings is 2. The van der Waals surface area contributed by atoms with E-state index in [1.807, 2.05) is 36.4 Å². The lowest BCUT2D eigenvalue weighted by atomic mass is 9.84. The monoisotopic (exact) mass is 351 g/mol. The van der Waals surface area contributed by atoms with Gasteiger partial charge < -0.3 is 5.11 Å². The summed E-state index contributed by atoms with van der Waals surface area (Å²) in [4.78, 5) is 14.3. The van der Waals surface area contributed by atoms with E-state index in [1.54, 1.807) is 0 Å². The summed E-state index contributed by atoms with van der Waals surface area (Å²) < 4.78 is 0. The molecule has 1 fully saturated rings. The van der Waals surface area contributed by atoms with Gasteiger partial charge in [-0.15, -0.1) is 0 Å². The molecule has 0 radical (unpaired) electrons. The number of hydrogen-bond donors (Lipinski definition) is 1. The number of nitrogens with zero attached hydrogens (tertiary/aromatic N) is 1. The number of rotatable bonds is 8. The van der Waals surface area contributed by atoms with Crippen LogP contribution in [0.5, 0.6) is 0 Å². The van der Waals surface area contributed by atoms with Crippen LogP contribution in [0.15, 0.2) is 60.7 Å². The first-order chi connectivity index (χ1) is 12.7. The Morgan fingerprint density at radius 3 is 1.85 bits per heavy atom. The SMILES string of the molecule is O=C(O)[C@@H](CC1CCCCC1)N(Cc1ccccc1)Cc1ccccc1. The van der Waals surface area contributed by atoms with Crippen molar-refractivity contribution < 1.29 is 9.90 Å². The molecule has 1 aliphatic carbocycles. The minimum atomic E-state index is -0.692. The van der Waals surface area contributed by atoms with Crippen LogP contribution < -0.4 is 0 Å². The molecule has 2 aromatic rings. The zero-order valence-electron chi connectivity index (χ0n) is 15.4. The second kappa shape index (κ2) is 9.54. The lowest BCUT2D eigenvalue weighted by molar-refractivity contribution is -0.144. The highest BCUT2D eigenvalue weighted by Gasteiger charge is 2.29. The van der Waals surface area contributed by atoms with Crippen LogP contribution in [0.4, 0.5) is 0 Å². The van der Waals surface area contributed by atoms with Gasteiger partial charge in [-0.1, -0.05) is 92.8 Å². The Morgan fingerprint density at radius 1 is 0.885 bits per heavy atom. The van der Waals surface area contributed by atoms with Crippen LogP contribution in [0.25, 0.3) is 0 Å². The largest absolute Gasteiger partial charge is 0.480 e. The minimum Gasteiger partial charge on any atom is -0.480 e. The summed E-state index contributed by atoms with van der Waals surface area (Å²) in [6, 6.07) is 20.0. The normalized spacial score (nSPS) is 16.5. The number of carboxylic acids is 1. The average Bonchev–Trinajstić information content (AvgIpc) is 2.68. The van der Waals surface area contributed by atoms with Crippen molar-refractivity contribution in [3.8, 4) is 0 Å². The van der Waals surface area contributed by atoms with Gasteiger partial charge in [-0.25, -0.2) is 0 Å². The third-order valence-electron chi connectivity index (χ3n) is 5.46. The second-order valence-corrected chi connectivity index (χ2v) is 7.47. The van der Waals surface area contributed by atoms with Crippen LogP contribution in [-0.4, -0.2) is 22.0 Å². The lowest BCUT2D eigenvalue weighted by Crippen LogP contribution is -2.42. The van der Waals surface area contributed by atoms with Crippen molar-refractivity contribution in [2.75, 3.05) is 0 Å². The molecule has 2 aromatic carbocycles. The maximum Gasteiger partial charge on any atom is 0.320 e. The van der Waals surface area contributed by atoms with Gasteiger partial charge in [0, 0.05) is 13.1 Å². The van der Waals surface area contributed by atoms with Gasteiger partial charge in [0.05, 0.1) is 0 Å². The van der Waals surface area contributed by atoms with Gasteiger partial charge >= 0.3 is 5.97 Å². The third-order valence-corrected chi connectivity index (χ3v) is 5.46. The van der Waals surface area contributed by atoms with Gasteiger partial charge in [-0.3, -0.25) is 9.69 Å². The highest BCUT2D eigenvalue weighted by atomic mass is 16.4. The molecular formula is C23H29NO2. The molecule has 1 N–H and O–H groups in total. The summed E-state index contributed by atoms with van der Waals surface area (Å²) in [7, 11) is 0. The molecule has 0 unspecified atom stereocenters. The summed E-state index contributed by atoms with van der Waals surface area (Å²) >= 11 is 0. The molecule has 0 saturated heterocycles. The van der Waals surface area contributed by atoms with Crippen molar-refractivity contribution in [2.24, 2.45) is 5.92 Å². The maximum absolute atomic E-state index is 12.2. The van der Waals surface area contributed by atoms with Crippen molar-refractivity contribution in [1.82, 2.24) is 4.90 Å². The lowest BCUT2D eigenvalue weighted by Gasteiger charge is -2.33. The van der Waals surface area contributed by atoms with E-state index in [0.29, 0.717) is 19.0 Å². The summed E-state index contributed by atoms with van der Waals surface area (Å²) in [5.41, 5.74) is 2.33. The standard InChI is InChI=1S/C23H29NO2/c25-23(26)22(16-19-10-4-1-5-11-19)24(17-20-12-6-2-7-13-20)18-21-14-8-3-9-15-21/h2-3,6-9,12-15,19,22H,1,4-5,10-11,16-18H2,(H,25,26)/t22-/m1/s1. The van der Waals surface area contributed by atoms with Crippen molar-refractivity contribution in [1.29, 1.82) is 0 Å². The van der Waals surface area contributed by atoms with E-state index < -0.39 is 12.0 Å². The van der Waals surface area contributed by atoms with Gasteiger partial charge in [0.15, 0.2) is 0 Å². The molecule has 0 heterocycles. The van der Waals surface area contributed by atoms with Crippen LogP contribution in [0.1, 0.15) is 49.7 Å². The van der Waals surface area contributed by atoms with Crippen LogP contribution in [0.3, 0.4) is 0 Å². The van der Waals surface area contributed by atoms with E-state index in [-0.39, 0.29) is 0 Å². The van der Waals surface area contributed by atoms with Crippen LogP contribution in [0.2, 0.25) is 0 Å². The fourth-order valence-corrected chi connectivity index (χ4v) is 4.06. The Labute approximate surface area is 156 Å². The van der Waals surface area contributed by atoms with Crippen LogP contribution >= 0.6 is 0 Å². The van der Waals surface area contributed by atoms with Crippen LogP contribution in [-0.2, 0) is 17.9 Å². The molecule has 0 spiro atoms. The minimum absolute atomic E-state index is 0.432. The zero-order chi connectivity index (χ0) is 18.2. The number of aliphatic carboxylic acids is 1. The van der Waals surface area contributed by atoms with Gasteiger partial charge in [-0.2, -0.15) is 0 Å². The summed E-state index contributed by atoms with van der Waals surface area (Å²) in [6.45, 7) is 1.33. The molecule has 0 aromatic heterocycles. The summed E-state index contributed by atoms with van der Waals surface area (Å²) in [6.07, 6.45) is 6.90. The molecule has 1 atom stereocenters. The number of carboxylic acid groups (broad SMARTS) is 1. The highest BCUT2D eigenvalue weighted by molar-refractivity contribution is 5.73. The summed E-state index contributed by atoms with van der Waals surface area (Å²) in [5, 5.41) is 9.99. The molecule has 3 nitrogen and oxygen atoms in total. The van der Waals surface area contributed by atoms with Crippen molar-refractivity contribution in [2.45, 2.75) is 57.7 Å². The summed E-state index contributed by atoms with van der Waals surface area (Å²) in [5.74, 6) is -0.152. The predicted octanol–water partition coefficient (Wildman–Crippen LogP) is 5.11. The first-order valence-corrected chi connectivity index (χ1v) is 9.77. The van der Waals surface area contributed by atoms with E-state index in [2.05, 4.69) is 29.2 Å². The van der Waals surface area contributed by atoms with E-state index in [0.717, 1.165) is 6.42 Å². The number of carbonyl (C=O) groups is 1. The van der Waals surface area contributed by atoms with Gasteiger partial charge in [-0.05, 0) is 23.5 Å². The Morgan fingerprint density at radius 2 is 1.38 bits per heavy atom. The highest BCUT2D eigenvalue weighted by Crippen LogP contribution is 2.29. The van der Waals surface area contributed by atoms with Crippen molar-refractivity contribution in [3.05, 3.63) is 71.8 Å². The van der Waals surface area contributed by atoms with Gasteiger partial charge in [0.1, 0.15) is 6.04 Å². The maximum atomic E-state index is 12.2. The molecule has 138 valence electrons. The Hall–Kier alpha value is -2.13. The first-order valence-electron chi connectivity index (χ1n) is 9.77. The Bertz CT molecular complexity index is 624. The molecule has 3 heteroatoms. The molecule has 26 heavy (non-hydrogen) atoms. The Balaban J connectivity index is 1.79. The molecule has 1 saturated carbocycles. The molecule has 1 aliphatic rings. The van der Waals surface area contributed by atoms with E-state index in [4.69, 9.17) is 0 Å². The first kappa shape index (κ1) is 18.7. The smallest absolute Gasteiger partial charge is 0.320 e. The third kappa shape index (κ3) is 5.43. The quantitative estimate of drug-likeness (QED) is 0.718. The number of hydrogen-bond acceptors (Lipinski definition) is 2. The van der Waals surface area contributed by atoms with Crippen molar-refractivity contribution >= 4 is 5.97 Å². The topological polar surface area (TPSA) is 40.5 Å².